The molecule has 2 amide bonds. The lowest BCUT2D eigenvalue weighted by Gasteiger charge is -2.36. The van der Waals surface area contributed by atoms with Gasteiger partial charge in [-0.3, -0.25) is 14.4 Å². The maximum Gasteiger partial charge on any atom is 0.248 e. The number of carbonyl (C=O) groups excluding carboxylic acids is 3. The molecule has 0 unspecified atom stereocenters. The molecule has 0 atom stereocenters. The van der Waals surface area contributed by atoms with E-state index in [-0.39, 0.29) is 43.6 Å². The second-order valence-corrected chi connectivity index (χ2v) is 9.74. The molecule has 8 nitrogen and oxygen atoms in total. The molecule has 10 heteroatoms. The Kier molecular flexibility index (Phi) is 11.2. The molecular formula is C27H33Cl2N3O5. The SMILES string of the molecule is COCCOCC(=O)N(C)CC(=O)Cc1ccc(N2CCN(C(=O)Cc3c(Cl)cccc3Cl)CC2)cc1. The van der Waals surface area contributed by atoms with Crippen molar-refractivity contribution in [2.75, 3.05) is 71.6 Å². The van der Waals surface area contributed by atoms with Gasteiger partial charge in [0.1, 0.15) is 6.61 Å². The Bertz CT molecular complexity index is 1050. The van der Waals surface area contributed by atoms with Gasteiger partial charge in [0.15, 0.2) is 5.78 Å². The van der Waals surface area contributed by atoms with Crippen molar-refractivity contribution < 1.29 is 23.9 Å². The van der Waals surface area contributed by atoms with Crippen molar-refractivity contribution in [2.45, 2.75) is 12.8 Å². The topological polar surface area (TPSA) is 79.4 Å². The van der Waals surface area contributed by atoms with Crippen molar-refractivity contribution >= 4 is 46.5 Å². The molecule has 0 aliphatic carbocycles. The van der Waals surface area contributed by atoms with Crippen LogP contribution < -0.4 is 4.90 Å². The number of methoxy groups -OCH3 is 1. The third kappa shape index (κ3) is 8.71. The fourth-order valence-electron chi connectivity index (χ4n) is 4.05. The third-order valence-electron chi connectivity index (χ3n) is 6.22. The molecule has 1 aliphatic heterocycles. The first-order valence-corrected chi connectivity index (χ1v) is 12.9. The Morgan fingerprint density at radius 3 is 2.19 bits per heavy atom. The van der Waals surface area contributed by atoms with Crippen molar-refractivity contribution in [1.29, 1.82) is 0 Å². The molecule has 0 N–H and O–H groups in total. The van der Waals surface area contributed by atoms with Crippen molar-refractivity contribution in [2.24, 2.45) is 0 Å². The molecule has 0 radical (unpaired) electrons. The predicted molar refractivity (Wildman–Crippen MR) is 144 cm³/mol. The van der Waals surface area contributed by atoms with E-state index >= 15 is 0 Å². The van der Waals surface area contributed by atoms with Crippen LogP contribution in [-0.4, -0.2) is 94.1 Å². The van der Waals surface area contributed by atoms with E-state index in [9.17, 15) is 14.4 Å². The molecule has 0 bridgehead atoms. The quantitative estimate of drug-likeness (QED) is 0.378. The second kappa shape index (κ2) is 14.3. The van der Waals surface area contributed by atoms with E-state index in [1.54, 1.807) is 32.4 Å². The maximum absolute atomic E-state index is 12.8. The molecule has 3 rings (SSSR count). The number of nitrogens with zero attached hydrogens (tertiary/aromatic N) is 3. The largest absolute Gasteiger partial charge is 0.382 e. The number of hydrogen-bond acceptors (Lipinski definition) is 6. The molecule has 1 fully saturated rings. The lowest BCUT2D eigenvalue weighted by molar-refractivity contribution is -0.138. The van der Waals surface area contributed by atoms with Gasteiger partial charge < -0.3 is 24.2 Å². The molecule has 2 aromatic carbocycles. The van der Waals surface area contributed by atoms with E-state index in [4.69, 9.17) is 32.7 Å². The fraction of sp³-hybridized carbons (Fsp3) is 0.444. The summed E-state index contributed by atoms with van der Waals surface area (Å²) < 4.78 is 10.1. The zero-order valence-electron chi connectivity index (χ0n) is 21.3. The number of piperazine rings is 1. The summed E-state index contributed by atoms with van der Waals surface area (Å²) in [6, 6.07) is 13.1. The van der Waals surface area contributed by atoms with Gasteiger partial charge in [-0.25, -0.2) is 0 Å². The van der Waals surface area contributed by atoms with Gasteiger partial charge in [-0.15, -0.1) is 0 Å². The fourth-order valence-corrected chi connectivity index (χ4v) is 4.58. The van der Waals surface area contributed by atoms with E-state index in [0.29, 0.717) is 55.0 Å². The van der Waals surface area contributed by atoms with Crippen LogP contribution in [0.15, 0.2) is 42.5 Å². The van der Waals surface area contributed by atoms with Gasteiger partial charge in [0.05, 0.1) is 26.2 Å². The van der Waals surface area contributed by atoms with Crippen LogP contribution in [0, 0.1) is 0 Å². The number of benzene rings is 2. The number of rotatable bonds is 12. The summed E-state index contributed by atoms with van der Waals surface area (Å²) in [5.74, 6) is -0.285. The molecule has 0 saturated carbocycles. The number of Topliss-reactive ketones (excluding diaryl/α,β-unsaturated/α-hetero) is 1. The molecular weight excluding hydrogens is 517 g/mol. The normalized spacial score (nSPS) is 13.5. The van der Waals surface area contributed by atoms with E-state index in [1.165, 1.54) is 4.90 Å². The third-order valence-corrected chi connectivity index (χ3v) is 6.93. The lowest BCUT2D eigenvalue weighted by Crippen LogP contribution is -2.49. The van der Waals surface area contributed by atoms with Gasteiger partial charge in [-0.2, -0.15) is 0 Å². The number of ether oxygens (including phenoxy) is 2. The number of halogens is 2. The average molecular weight is 550 g/mol. The lowest BCUT2D eigenvalue weighted by atomic mass is 10.1. The molecule has 1 heterocycles. The number of hydrogen-bond donors (Lipinski definition) is 0. The van der Waals surface area contributed by atoms with Crippen LogP contribution in [-0.2, 0) is 36.7 Å². The highest BCUT2D eigenvalue weighted by Crippen LogP contribution is 2.25. The molecule has 37 heavy (non-hydrogen) atoms. The number of amides is 2. The zero-order chi connectivity index (χ0) is 26.8. The maximum atomic E-state index is 12.8. The van der Waals surface area contributed by atoms with Crippen LogP contribution in [0.3, 0.4) is 0 Å². The number of likely N-dealkylation sites (N-methyl/N-ethyl adjacent to an activating group) is 1. The summed E-state index contributed by atoms with van der Waals surface area (Å²) in [6.07, 6.45) is 0.429. The highest BCUT2D eigenvalue weighted by atomic mass is 35.5. The minimum Gasteiger partial charge on any atom is -0.382 e. The van der Waals surface area contributed by atoms with Crippen molar-refractivity contribution in [1.82, 2.24) is 9.80 Å². The standard InChI is InChI=1S/C27H33Cl2N3O5/c1-30(27(35)19-37-15-14-36-2)18-22(33)16-20-6-8-21(9-7-20)31-10-12-32(13-11-31)26(34)17-23-24(28)4-3-5-25(23)29/h3-9H,10-19H2,1-2H3. The minimum absolute atomic E-state index is 0.00787. The van der Waals surface area contributed by atoms with Crippen molar-refractivity contribution in [3.63, 3.8) is 0 Å². The van der Waals surface area contributed by atoms with Crippen LogP contribution in [0.1, 0.15) is 11.1 Å². The smallest absolute Gasteiger partial charge is 0.248 e. The van der Waals surface area contributed by atoms with Gasteiger partial charge in [-0.1, -0.05) is 41.4 Å². The minimum atomic E-state index is -0.243. The molecule has 2 aromatic rings. The van der Waals surface area contributed by atoms with E-state index < -0.39 is 0 Å². The average Bonchev–Trinajstić information content (AvgIpc) is 2.89. The van der Waals surface area contributed by atoms with Crippen LogP contribution in [0.2, 0.25) is 10.0 Å². The molecule has 0 spiro atoms. The highest BCUT2D eigenvalue weighted by Gasteiger charge is 2.23. The van der Waals surface area contributed by atoms with Crippen molar-refractivity contribution in [3.8, 4) is 0 Å². The second-order valence-electron chi connectivity index (χ2n) is 8.92. The van der Waals surface area contributed by atoms with E-state index in [1.807, 2.05) is 29.2 Å². The summed E-state index contributed by atoms with van der Waals surface area (Å²) in [5, 5.41) is 1.01. The van der Waals surface area contributed by atoms with Crippen LogP contribution in [0.4, 0.5) is 5.69 Å². The van der Waals surface area contributed by atoms with Crippen LogP contribution in [0.5, 0.6) is 0 Å². The summed E-state index contributed by atoms with van der Waals surface area (Å²) in [6.45, 7) is 3.34. The first-order valence-electron chi connectivity index (χ1n) is 12.2. The Morgan fingerprint density at radius 1 is 0.919 bits per heavy atom. The highest BCUT2D eigenvalue weighted by molar-refractivity contribution is 6.36. The zero-order valence-corrected chi connectivity index (χ0v) is 22.8. The Morgan fingerprint density at radius 2 is 1.57 bits per heavy atom. The van der Waals surface area contributed by atoms with Gasteiger partial charge in [0.25, 0.3) is 0 Å². The Hall–Kier alpha value is -2.65. The summed E-state index contributed by atoms with van der Waals surface area (Å²) in [7, 11) is 3.16. The molecule has 0 aromatic heterocycles. The number of ketones is 1. The van der Waals surface area contributed by atoms with E-state index in [0.717, 1.165) is 11.3 Å². The molecule has 1 saturated heterocycles. The van der Waals surface area contributed by atoms with E-state index in [2.05, 4.69) is 4.90 Å². The van der Waals surface area contributed by atoms with Crippen LogP contribution >= 0.6 is 23.2 Å². The predicted octanol–water partition coefficient (Wildman–Crippen LogP) is 3.12. The summed E-state index contributed by atoms with van der Waals surface area (Å²) >= 11 is 12.4. The van der Waals surface area contributed by atoms with Crippen LogP contribution in [0.25, 0.3) is 0 Å². The number of anilines is 1. The first-order chi connectivity index (χ1) is 17.8. The van der Waals surface area contributed by atoms with Gasteiger partial charge in [0.2, 0.25) is 11.8 Å². The monoisotopic (exact) mass is 549 g/mol. The first kappa shape index (κ1) is 28.9. The Labute approximate surface area is 228 Å². The van der Waals surface area contributed by atoms with Crippen molar-refractivity contribution in [3.05, 3.63) is 63.6 Å². The molecule has 1 aliphatic rings. The Balaban J connectivity index is 1.43. The van der Waals surface area contributed by atoms with Gasteiger partial charge in [-0.05, 0) is 35.4 Å². The van der Waals surface area contributed by atoms with Gasteiger partial charge >= 0.3 is 0 Å². The summed E-state index contributed by atoms with van der Waals surface area (Å²) in [5.41, 5.74) is 2.59. The number of carbonyl (C=O) groups is 3. The molecule has 200 valence electrons. The summed E-state index contributed by atoms with van der Waals surface area (Å²) in [4.78, 5) is 42.7. The van der Waals surface area contributed by atoms with Gasteiger partial charge in [0, 0.05) is 62.5 Å².